The van der Waals surface area contributed by atoms with Gasteiger partial charge < -0.3 is 10.5 Å². The molecule has 2 aromatic rings. The third-order valence-corrected chi connectivity index (χ3v) is 4.20. The van der Waals surface area contributed by atoms with Crippen molar-refractivity contribution in [3.63, 3.8) is 0 Å². The van der Waals surface area contributed by atoms with E-state index >= 15 is 0 Å². The van der Waals surface area contributed by atoms with Crippen molar-refractivity contribution < 1.29 is 13.2 Å². The number of rotatable bonds is 4. The van der Waals surface area contributed by atoms with Crippen molar-refractivity contribution in [2.75, 3.05) is 17.6 Å². The lowest BCUT2D eigenvalue weighted by Gasteiger charge is -2.12. The molecule has 0 aliphatic carbocycles. The van der Waals surface area contributed by atoms with Crippen LogP contribution in [0.25, 0.3) is 0 Å². The van der Waals surface area contributed by atoms with E-state index in [4.69, 9.17) is 10.5 Å². The number of hydrogen-bond donors (Lipinski definition) is 2. The molecule has 1 aromatic carbocycles. The van der Waals surface area contributed by atoms with Gasteiger partial charge in [-0.25, -0.2) is 8.42 Å². The highest BCUT2D eigenvalue weighted by Gasteiger charge is 2.21. The minimum absolute atomic E-state index is 0.00745. The molecule has 0 saturated heterocycles. The Kier molecular flexibility index (Phi) is 3.58. The molecule has 0 fully saturated rings. The lowest BCUT2D eigenvalue weighted by molar-refractivity contribution is 0.402. The molecular weight excluding hydrogens is 280 g/mol. The summed E-state index contributed by atoms with van der Waals surface area (Å²) < 4.78 is 33.8. The van der Waals surface area contributed by atoms with Crippen molar-refractivity contribution in [3.05, 3.63) is 30.1 Å². The number of nitrogen functional groups attached to an aromatic ring is 1. The molecule has 0 amide bonds. The van der Waals surface area contributed by atoms with Crippen molar-refractivity contribution >= 4 is 21.4 Å². The maximum Gasteiger partial charge on any atom is 0.265 e. The van der Waals surface area contributed by atoms with E-state index in [9.17, 15) is 8.42 Å². The number of nitrogens with zero attached hydrogens (tertiary/aromatic N) is 2. The first-order chi connectivity index (χ1) is 9.33. The molecule has 0 unspecified atom stereocenters. The summed E-state index contributed by atoms with van der Waals surface area (Å²) in [4.78, 5) is -0.00745. The van der Waals surface area contributed by atoms with Crippen LogP contribution in [-0.2, 0) is 17.1 Å². The predicted octanol–water partition coefficient (Wildman–Crippen LogP) is 1.12. The lowest BCUT2D eigenvalue weighted by atomic mass is 10.2. The molecule has 0 aliphatic heterocycles. The Morgan fingerprint density at radius 2 is 2.10 bits per heavy atom. The SMILES string of the molecule is COc1cc(C)c(N)cc1S(=O)(=O)Nc1cnn(C)c1. The molecule has 108 valence electrons. The lowest BCUT2D eigenvalue weighted by Crippen LogP contribution is -2.14. The molecule has 2 rings (SSSR count). The van der Waals surface area contributed by atoms with Crippen molar-refractivity contribution in [1.29, 1.82) is 0 Å². The molecule has 1 heterocycles. The van der Waals surface area contributed by atoms with Crippen LogP contribution in [0.5, 0.6) is 5.75 Å². The van der Waals surface area contributed by atoms with E-state index < -0.39 is 10.0 Å². The number of ether oxygens (including phenoxy) is 1. The monoisotopic (exact) mass is 296 g/mol. The van der Waals surface area contributed by atoms with E-state index in [1.807, 2.05) is 0 Å². The van der Waals surface area contributed by atoms with E-state index in [0.29, 0.717) is 11.4 Å². The van der Waals surface area contributed by atoms with Gasteiger partial charge in [0.25, 0.3) is 10.0 Å². The number of anilines is 2. The number of benzene rings is 1. The van der Waals surface area contributed by atoms with Gasteiger partial charge in [0.1, 0.15) is 10.6 Å². The zero-order chi connectivity index (χ0) is 14.9. The summed E-state index contributed by atoms with van der Waals surface area (Å²) in [7, 11) is -0.683. The van der Waals surface area contributed by atoms with Gasteiger partial charge in [-0.05, 0) is 24.6 Å². The maximum absolute atomic E-state index is 12.4. The minimum Gasteiger partial charge on any atom is -0.495 e. The van der Waals surface area contributed by atoms with Crippen LogP contribution in [0.1, 0.15) is 5.56 Å². The Hall–Kier alpha value is -2.22. The van der Waals surface area contributed by atoms with Gasteiger partial charge in [-0.2, -0.15) is 5.10 Å². The summed E-state index contributed by atoms with van der Waals surface area (Å²) in [6, 6.07) is 2.97. The number of aryl methyl sites for hydroxylation is 2. The second-order valence-electron chi connectivity index (χ2n) is 4.37. The molecule has 8 heteroatoms. The highest BCUT2D eigenvalue weighted by Crippen LogP contribution is 2.30. The van der Waals surface area contributed by atoms with E-state index in [-0.39, 0.29) is 10.6 Å². The first-order valence-corrected chi connectivity index (χ1v) is 7.27. The van der Waals surface area contributed by atoms with Crippen molar-refractivity contribution in [2.45, 2.75) is 11.8 Å². The normalized spacial score (nSPS) is 11.3. The molecule has 3 N–H and O–H groups in total. The number of nitrogens with one attached hydrogen (secondary N) is 1. The summed E-state index contributed by atoms with van der Waals surface area (Å²) in [5, 5.41) is 3.90. The molecule has 7 nitrogen and oxygen atoms in total. The van der Waals surface area contributed by atoms with Crippen LogP contribution in [0.2, 0.25) is 0 Å². The third kappa shape index (κ3) is 2.69. The van der Waals surface area contributed by atoms with E-state index in [1.54, 1.807) is 26.2 Å². The van der Waals surface area contributed by atoms with Crippen molar-refractivity contribution in [3.8, 4) is 5.75 Å². The summed E-state index contributed by atoms with van der Waals surface area (Å²) in [5.41, 5.74) is 7.28. The van der Waals surface area contributed by atoms with Gasteiger partial charge in [-0.1, -0.05) is 0 Å². The second-order valence-corrected chi connectivity index (χ2v) is 6.02. The van der Waals surface area contributed by atoms with E-state index in [1.165, 1.54) is 24.1 Å². The number of hydrogen-bond acceptors (Lipinski definition) is 5. The van der Waals surface area contributed by atoms with Gasteiger partial charge >= 0.3 is 0 Å². The smallest absolute Gasteiger partial charge is 0.265 e. The standard InChI is InChI=1S/C12H16N4O3S/c1-8-4-11(19-3)12(5-10(8)13)20(17,18)15-9-6-14-16(2)7-9/h4-7,15H,13H2,1-3H3. The minimum atomic E-state index is -3.79. The fourth-order valence-corrected chi connectivity index (χ4v) is 2.95. The summed E-state index contributed by atoms with van der Waals surface area (Å²) in [5.74, 6) is 0.244. The zero-order valence-corrected chi connectivity index (χ0v) is 12.2. The average molecular weight is 296 g/mol. The topological polar surface area (TPSA) is 99.2 Å². The fourth-order valence-electron chi connectivity index (χ4n) is 1.73. The largest absolute Gasteiger partial charge is 0.495 e. The molecule has 0 atom stereocenters. The van der Waals surface area contributed by atoms with Gasteiger partial charge in [0.2, 0.25) is 0 Å². The molecule has 0 bridgehead atoms. The number of sulfonamides is 1. The Bertz CT molecular complexity index is 737. The van der Waals surface area contributed by atoms with Crippen LogP contribution in [0.3, 0.4) is 0 Å². The molecule has 0 saturated carbocycles. The van der Waals surface area contributed by atoms with E-state index in [0.717, 1.165) is 5.56 Å². The van der Waals surface area contributed by atoms with Crippen molar-refractivity contribution in [1.82, 2.24) is 9.78 Å². The van der Waals surface area contributed by atoms with Gasteiger partial charge in [-0.15, -0.1) is 0 Å². The number of aromatic nitrogens is 2. The van der Waals surface area contributed by atoms with Crippen LogP contribution in [-0.4, -0.2) is 25.3 Å². The number of methoxy groups -OCH3 is 1. The van der Waals surface area contributed by atoms with Crippen LogP contribution in [0.15, 0.2) is 29.4 Å². The van der Waals surface area contributed by atoms with Crippen molar-refractivity contribution in [2.24, 2.45) is 7.05 Å². The Labute approximate surface area is 117 Å². The predicted molar refractivity (Wildman–Crippen MR) is 76.2 cm³/mol. The molecule has 20 heavy (non-hydrogen) atoms. The summed E-state index contributed by atoms with van der Waals surface area (Å²) >= 11 is 0. The maximum atomic E-state index is 12.4. The fraction of sp³-hybridized carbons (Fsp3) is 0.250. The van der Waals surface area contributed by atoms with Gasteiger partial charge in [-0.3, -0.25) is 9.40 Å². The molecular formula is C12H16N4O3S. The Balaban J connectivity index is 2.46. The Morgan fingerprint density at radius 1 is 1.40 bits per heavy atom. The molecule has 0 radical (unpaired) electrons. The van der Waals surface area contributed by atoms with Crippen LogP contribution < -0.4 is 15.2 Å². The van der Waals surface area contributed by atoms with Crippen LogP contribution in [0, 0.1) is 6.92 Å². The zero-order valence-electron chi connectivity index (χ0n) is 11.4. The Morgan fingerprint density at radius 3 is 2.65 bits per heavy atom. The number of nitrogens with two attached hydrogens (primary N) is 1. The first-order valence-electron chi connectivity index (χ1n) is 5.79. The molecule has 1 aromatic heterocycles. The van der Waals surface area contributed by atoms with Crippen LogP contribution in [0.4, 0.5) is 11.4 Å². The second kappa shape index (κ2) is 5.04. The van der Waals surface area contributed by atoms with E-state index in [2.05, 4.69) is 9.82 Å². The third-order valence-electron chi connectivity index (χ3n) is 2.80. The van der Waals surface area contributed by atoms with Gasteiger partial charge in [0.15, 0.2) is 0 Å². The molecule has 0 spiro atoms. The summed E-state index contributed by atoms with van der Waals surface area (Å²) in [6.07, 6.45) is 2.98. The first kappa shape index (κ1) is 14.2. The summed E-state index contributed by atoms with van der Waals surface area (Å²) in [6.45, 7) is 1.78. The van der Waals surface area contributed by atoms with Crippen LogP contribution >= 0.6 is 0 Å². The highest BCUT2D eigenvalue weighted by atomic mass is 32.2. The van der Waals surface area contributed by atoms with Gasteiger partial charge in [0.05, 0.1) is 19.0 Å². The average Bonchev–Trinajstić information content (AvgIpc) is 2.76. The highest BCUT2D eigenvalue weighted by molar-refractivity contribution is 7.92. The van der Waals surface area contributed by atoms with Gasteiger partial charge in [0, 0.05) is 18.9 Å². The molecule has 0 aliphatic rings. The quantitative estimate of drug-likeness (QED) is 0.824.